The second-order valence-corrected chi connectivity index (χ2v) is 5.31. The molecule has 0 aromatic heterocycles. The van der Waals surface area contributed by atoms with Gasteiger partial charge in [-0.1, -0.05) is 41.4 Å². The first-order valence-electron chi connectivity index (χ1n) is 6.29. The van der Waals surface area contributed by atoms with E-state index < -0.39 is 17.0 Å². The summed E-state index contributed by atoms with van der Waals surface area (Å²) in [5, 5.41) is 11.1. The highest BCUT2D eigenvalue weighted by Crippen LogP contribution is 2.28. The van der Waals surface area contributed by atoms with E-state index in [-0.39, 0.29) is 21.3 Å². The summed E-state index contributed by atoms with van der Waals surface area (Å²) in [7, 11) is 0. The molecule has 5 nitrogen and oxygen atoms in total. The Balaban J connectivity index is 2.21. The molecular formula is C15H11Cl2NO4. The number of carbonyl (C=O) groups is 1. The van der Waals surface area contributed by atoms with Crippen molar-refractivity contribution in [2.24, 2.45) is 0 Å². The van der Waals surface area contributed by atoms with Crippen molar-refractivity contribution in [3.63, 3.8) is 0 Å². The number of nitro groups is 1. The monoisotopic (exact) mass is 339 g/mol. The Kier molecular flexibility index (Phi) is 5.00. The normalized spacial score (nSPS) is 11.8. The van der Waals surface area contributed by atoms with Crippen molar-refractivity contribution in [3.05, 3.63) is 73.8 Å². The molecule has 0 N–H and O–H groups in total. The van der Waals surface area contributed by atoms with Crippen LogP contribution in [0.5, 0.6) is 0 Å². The maximum atomic E-state index is 12.2. The molecule has 0 heterocycles. The molecular weight excluding hydrogens is 329 g/mol. The Hall–Kier alpha value is -2.11. The number of rotatable bonds is 4. The predicted octanol–water partition coefficient (Wildman–Crippen LogP) is 4.82. The molecule has 1 unspecified atom stereocenters. The smallest absolute Gasteiger partial charge is 0.341 e. The number of non-ortho nitro benzene ring substituents is 1. The molecule has 0 aliphatic carbocycles. The Bertz CT molecular complexity index is 713. The van der Waals surface area contributed by atoms with Crippen LogP contribution in [0.2, 0.25) is 10.0 Å². The number of hydrogen-bond acceptors (Lipinski definition) is 4. The van der Waals surface area contributed by atoms with E-state index in [1.807, 2.05) is 0 Å². The summed E-state index contributed by atoms with van der Waals surface area (Å²) >= 11 is 11.9. The van der Waals surface area contributed by atoms with E-state index in [2.05, 4.69) is 0 Å². The topological polar surface area (TPSA) is 69.4 Å². The lowest BCUT2D eigenvalue weighted by Crippen LogP contribution is -2.10. The molecule has 0 spiro atoms. The van der Waals surface area contributed by atoms with E-state index in [4.69, 9.17) is 27.9 Å². The van der Waals surface area contributed by atoms with Crippen molar-refractivity contribution in [3.8, 4) is 0 Å². The third-order valence-electron chi connectivity index (χ3n) is 3.00. The van der Waals surface area contributed by atoms with Crippen LogP contribution in [0.15, 0.2) is 42.5 Å². The van der Waals surface area contributed by atoms with Crippen LogP contribution in [-0.2, 0) is 4.74 Å². The van der Waals surface area contributed by atoms with Crippen molar-refractivity contribution in [1.29, 1.82) is 0 Å². The van der Waals surface area contributed by atoms with Crippen molar-refractivity contribution in [2.45, 2.75) is 13.0 Å². The van der Waals surface area contributed by atoms with Crippen LogP contribution >= 0.6 is 23.2 Å². The van der Waals surface area contributed by atoms with Crippen molar-refractivity contribution < 1.29 is 14.5 Å². The minimum Gasteiger partial charge on any atom is -0.454 e. The number of ether oxygens (including phenoxy) is 1. The largest absolute Gasteiger partial charge is 0.454 e. The second kappa shape index (κ2) is 6.77. The molecule has 7 heteroatoms. The van der Waals surface area contributed by atoms with E-state index in [9.17, 15) is 14.9 Å². The number of carbonyl (C=O) groups excluding carboxylic acids is 1. The van der Waals surface area contributed by atoms with Crippen molar-refractivity contribution >= 4 is 34.9 Å². The Morgan fingerprint density at radius 3 is 2.36 bits per heavy atom. The lowest BCUT2D eigenvalue weighted by Gasteiger charge is -2.14. The molecule has 0 amide bonds. The molecule has 2 rings (SSSR count). The Morgan fingerprint density at radius 2 is 1.77 bits per heavy atom. The van der Waals surface area contributed by atoms with Crippen LogP contribution in [0, 0.1) is 10.1 Å². The molecule has 0 fully saturated rings. The molecule has 0 saturated carbocycles. The van der Waals surface area contributed by atoms with Crippen LogP contribution in [0.4, 0.5) is 5.69 Å². The highest BCUT2D eigenvalue weighted by atomic mass is 35.5. The maximum Gasteiger partial charge on any atom is 0.341 e. The second-order valence-electron chi connectivity index (χ2n) is 4.50. The predicted molar refractivity (Wildman–Crippen MR) is 83.4 cm³/mol. The maximum absolute atomic E-state index is 12.2. The van der Waals surface area contributed by atoms with E-state index in [1.54, 1.807) is 19.1 Å². The minimum absolute atomic E-state index is 0.0723. The molecule has 2 aromatic carbocycles. The molecule has 0 aliphatic heterocycles. The molecule has 0 aliphatic rings. The first-order chi connectivity index (χ1) is 10.4. The Morgan fingerprint density at radius 1 is 1.18 bits per heavy atom. The van der Waals surface area contributed by atoms with Crippen molar-refractivity contribution in [2.75, 3.05) is 0 Å². The van der Waals surface area contributed by atoms with Crippen LogP contribution in [-0.4, -0.2) is 10.9 Å². The third-order valence-corrected chi connectivity index (χ3v) is 3.63. The van der Waals surface area contributed by atoms with E-state index in [0.717, 1.165) is 0 Å². The third kappa shape index (κ3) is 3.55. The van der Waals surface area contributed by atoms with Gasteiger partial charge < -0.3 is 4.74 Å². The number of nitrogens with zero attached hydrogens (tertiary/aromatic N) is 1. The van der Waals surface area contributed by atoms with Gasteiger partial charge in [0.1, 0.15) is 6.10 Å². The van der Waals surface area contributed by atoms with E-state index >= 15 is 0 Å². The fraction of sp³-hybridized carbons (Fsp3) is 0.133. The average Bonchev–Trinajstić information content (AvgIpc) is 2.47. The summed E-state index contributed by atoms with van der Waals surface area (Å²) in [4.78, 5) is 22.4. The molecule has 0 radical (unpaired) electrons. The van der Waals surface area contributed by atoms with Crippen LogP contribution < -0.4 is 0 Å². The lowest BCUT2D eigenvalue weighted by molar-refractivity contribution is -0.385. The lowest BCUT2D eigenvalue weighted by atomic mass is 10.1. The number of esters is 1. The minimum atomic E-state index is -0.686. The number of halogens is 2. The molecule has 22 heavy (non-hydrogen) atoms. The quantitative estimate of drug-likeness (QED) is 0.454. The van der Waals surface area contributed by atoms with Gasteiger partial charge in [-0.05, 0) is 24.6 Å². The summed E-state index contributed by atoms with van der Waals surface area (Å²) < 4.78 is 5.29. The summed E-state index contributed by atoms with van der Waals surface area (Å²) in [5.74, 6) is -0.686. The summed E-state index contributed by atoms with van der Waals surface area (Å²) in [6.07, 6.45) is -0.681. The van der Waals surface area contributed by atoms with Gasteiger partial charge in [-0.25, -0.2) is 4.79 Å². The number of benzene rings is 2. The van der Waals surface area contributed by atoms with Crippen LogP contribution in [0.3, 0.4) is 0 Å². The summed E-state index contributed by atoms with van der Waals surface area (Å²) in [6.45, 7) is 1.61. The van der Waals surface area contributed by atoms with Crippen LogP contribution in [0.25, 0.3) is 0 Å². The van der Waals surface area contributed by atoms with Gasteiger partial charge in [0.2, 0.25) is 0 Å². The zero-order valence-corrected chi connectivity index (χ0v) is 13.0. The SMILES string of the molecule is CC(OC(=O)c1c(Cl)cccc1Cl)c1cccc([N+](=O)[O-])c1. The van der Waals surface area contributed by atoms with Gasteiger partial charge >= 0.3 is 5.97 Å². The number of hydrogen-bond donors (Lipinski definition) is 0. The standard InChI is InChI=1S/C15H11Cl2NO4/c1-9(10-4-2-5-11(8-10)18(20)21)22-15(19)14-12(16)6-3-7-13(14)17/h2-9H,1H3. The van der Waals surface area contributed by atoms with Gasteiger partial charge in [-0.15, -0.1) is 0 Å². The summed E-state index contributed by atoms with van der Waals surface area (Å²) in [5.41, 5.74) is 0.505. The van der Waals surface area contributed by atoms with Crippen molar-refractivity contribution in [1.82, 2.24) is 0 Å². The molecule has 0 bridgehead atoms. The molecule has 1 atom stereocenters. The highest BCUT2D eigenvalue weighted by molar-refractivity contribution is 6.39. The first kappa shape index (κ1) is 16.3. The van der Waals surface area contributed by atoms with Gasteiger partial charge in [-0.2, -0.15) is 0 Å². The fourth-order valence-corrected chi connectivity index (χ4v) is 2.42. The average molecular weight is 340 g/mol. The first-order valence-corrected chi connectivity index (χ1v) is 7.05. The van der Waals surface area contributed by atoms with Gasteiger partial charge in [0.15, 0.2) is 0 Å². The highest BCUT2D eigenvalue weighted by Gasteiger charge is 2.20. The van der Waals surface area contributed by atoms with Gasteiger partial charge in [-0.3, -0.25) is 10.1 Å². The van der Waals surface area contributed by atoms with Gasteiger partial charge in [0.05, 0.1) is 20.5 Å². The molecule has 114 valence electrons. The zero-order valence-electron chi connectivity index (χ0n) is 11.5. The molecule has 2 aromatic rings. The van der Waals surface area contributed by atoms with Gasteiger partial charge in [0.25, 0.3) is 5.69 Å². The number of nitro benzene ring substituents is 1. The fourth-order valence-electron chi connectivity index (χ4n) is 1.87. The molecule has 0 saturated heterocycles. The Labute approximate surface area is 136 Å². The zero-order chi connectivity index (χ0) is 16.3. The van der Waals surface area contributed by atoms with E-state index in [0.29, 0.717) is 5.56 Å². The summed E-state index contributed by atoms with van der Waals surface area (Å²) in [6, 6.07) is 10.6. The van der Waals surface area contributed by atoms with Crippen LogP contribution in [0.1, 0.15) is 28.9 Å². The van der Waals surface area contributed by atoms with E-state index in [1.165, 1.54) is 30.3 Å². The van der Waals surface area contributed by atoms with Gasteiger partial charge in [0, 0.05) is 12.1 Å².